The molecule has 0 radical (unpaired) electrons. The Hall–Kier alpha value is -2.41. The highest BCUT2D eigenvalue weighted by molar-refractivity contribution is 6.31. The highest BCUT2D eigenvalue weighted by atomic mass is 35.5. The van der Waals surface area contributed by atoms with E-state index in [-0.39, 0.29) is 5.91 Å². The molecule has 0 unspecified atom stereocenters. The molecule has 1 fully saturated rings. The maximum Gasteiger partial charge on any atom is 0.254 e. The third-order valence-corrected chi connectivity index (χ3v) is 5.07. The van der Waals surface area contributed by atoms with Gasteiger partial charge in [-0.05, 0) is 41.5 Å². The molecule has 28 heavy (non-hydrogen) atoms. The van der Waals surface area contributed by atoms with Crippen LogP contribution < -0.4 is 10.2 Å². The predicted octanol–water partition coefficient (Wildman–Crippen LogP) is 2.62. The van der Waals surface area contributed by atoms with Crippen LogP contribution in [0.1, 0.15) is 11.1 Å². The summed E-state index contributed by atoms with van der Waals surface area (Å²) in [6.45, 7) is 4.70. The van der Waals surface area contributed by atoms with Gasteiger partial charge in [0.05, 0.1) is 19.9 Å². The van der Waals surface area contributed by atoms with Crippen LogP contribution in [0.3, 0.4) is 0 Å². The molecule has 1 N–H and O–H groups in total. The van der Waals surface area contributed by atoms with Gasteiger partial charge in [-0.1, -0.05) is 29.8 Å². The largest absolute Gasteiger partial charge is 0.497 e. The number of nitrogens with zero attached hydrogens (tertiary/aromatic N) is 3. The number of methoxy groups -OCH3 is 1. The fourth-order valence-corrected chi connectivity index (χ4v) is 3.28. The molecule has 0 aromatic heterocycles. The summed E-state index contributed by atoms with van der Waals surface area (Å²) in [4.78, 5) is 16.6. The molecule has 1 heterocycles. The molecule has 0 saturated carbocycles. The molecular formula is C21H25ClN4O2. The van der Waals surface area contributed by atoms with Gasteiger partial charge in [0.15, 0.2) is 0 Å². The van der Waals surface area contributed by atoms with Gasteiger partial charge in [0.2, 0.25) is 0 Å². The first-order valence-corrected chi connectivity index (χ1v) is 9.66. The van der Waals surface area contributed by atoms with E-state index in [0.29, 0.717) is 6.54 Å². The number of benzene rings is 2. The summed E-state index contributed by atoms with van der Waals surface area (Å²) >= 11 is 6.24. The van der Waals surface area contributed by atoms with Gasteiger partial charge in [0.1, 0.15) is 5.75 Å². The molecule has 1 amide bonds. The number of hydrogen-bond acceptors (Lipinski definition) is 5. The fourth-order valence-electron chi connectivity index (χ4n) is 3.08. The van der Waals surface area contributed by atoms with Crippen molar-refractivity contribution in [2.75, 3.05) is 39.8 Å². The predicted molar refractivity (Wildman–Crippen MR) is 112 cm³/mol. The second-order valence-corrected chi connectivity index (χ2v) is 7.12. The van der Waals surface area contributed by atoms with Gasteiger partial charge in [0, 0.05) is 37.7 Å². The Bertz CT molecular complexity index is 802. The normalized spacial score (nSPS) is 15.6. The minimum Gasteiger partial charge on any atom is -0.497 e. The molecule has 3 rings (SSSR count). The SMILES string of the molecule is COc1ccc(/C=N\NC(=O)CN2CCN(Cc3ccccc3Cl)CC2)cc1. The Morgan fingerprint density at radius 2 is 1.79 bits per heavy atom. The van der Waals surface area contributed by atoms with E-state index < -0.39 is 0 Å². The van der Waals surface area contributed by atoms with Crippen molar-refractivity contribution in [3.8, 4) is 5.75 Å². The minimum atomic E-state index is -0.107. The fraction of sp³-hybridized carbons (Fsp3) is 0.333. The Morgan fingerprint density at radius 3 is 2.46 bits per heavy atom. The quantitative estimate of drug-likeness (QED) is 0.573. The molecule has 1 aliphatic rings. The van der Waals surface area contributed by atoms with E-state index in [1.807, 2.05) is 42.5 Å². The van der Waals surface area contributed by atoms with Crippen molar-refractivity contribution in [3.05, 3.63) is 64.7 Å². The molecule has 7 heteroatoms. The maximum atomic E-state index is 12.1. The van der Waals surface area contributed by atoms with E-state index in [0.717, 1.165) is 54.6 Å². The van der Waals surface area contributed by atoms with Gasteiger partial charge in [-0.2, -0.15) is 5.10 Å². The van der Waals surface area contributed by atoms with Crippen LogP contribution in [0, 0.1) is 0 Å². The monoisotopic (exact) mass is 400 g/mol. The Morgan fingerprint density at radius 1 is 1.11 bits per heavy atom. The zero-order valence-corrected chi connectivity index (χ0v) is 16.7. The number of hydrazone groups is 1. The Balaban J connectivity index is 1.38. The van der Waals surface area contributed by atoms with E-state index in [9.17, 15) is 4.79 Å². The van der Waals surface area contributed by atoms with Gasteiger partial charge < -0.3 is 4.74 Å². The second kappa shape index (κ2) is 10.2. The lowest BCUT2D eigenvalue weighted by molar-refractivity contribution is -0.122. The van der Waals surface area contributed by atoms with Crippen LogP contribution in [0.5, 0.6) is 5.75 Å². The number of rotatable bonds is 7. The summed E-state index contributed by atoms with van der Waals surface area (Å²) in [7, 11) is 1.62. The van der Waals surface area contributed by atoms with Gasteiger partial charge in [-0.25, -0.2) is 5.43 Å². The summed E-state index contributed by atoms with van der Waals surface area (Å²) in [5.41, 5.74) is 4.63. The lowest BCUT2D eigenvalue weighted by atomic mass is 10.2. The Kier molecular flexibility index (Phi) is 7.42. The van der Waals surface area contributed by atoms with Crippen LogP contribution >= 0.6 is 11.6 Å². The number of ether oxygens (including phenoxy) is 1. The molecule has 1 aliphatic heterocycles. The third-order valence-electron chi connectivity index (χ3n) is 4.70. The van der Waals surface area contributed by atoms with Crippen LogP contribution in [0.4, 0.5) is 0 Å². The summed E-state index contributed by atoms with van der Waals surface area (Å²) < 4.78 is 5.11. The van der Waals surface area contributed by atoms with Crippen molar-refractivity contribution in [2.24, 2.45) is 5.10 Å². The molecule has 0 atom stereocenters. The van der Waals surface area contributed by atoms with Crippen LogP contribution in [0.2, 0.25) is 5.02 Å². The van der Waals surface area contributed by atoms with E-state index in [4.69, 9.17) is 16.3 Å². The van der Waals surface area contributed by atoms with E-state index in [2.05, 4.69) is 26.4 Å². The molecule has 1 saturated heterocycles. The minimum absolute atomic E-state index is 0.107. The molecular weight excluding hydrogens is 376 g/mol. The van der Waals surface area contributed by atoms with Crippen LogP contribution in [-0.2, 0) is 11.3 Å². The average molecular weight is 401 g/mol. The molecule has 148 valence electrons. The van der Waals surface area contributed by atoms with Crippen molar-refractivity contribution in [1.29, 1.82) is 0 Å². The van der Waals surface area contributed by atoms with E-state index in [1.54, 1.807) is 13.3 Å². The molecule has 0 aliphatic carbocycles. The standard InChI is InChI=1S/C21H25ClN4O2/c1-28-19-8-6-17(7-9-19)14-23-24-21(27)16-26-12-10-25(11-13-26)15-18-4-2-3-5-20(18)22/h2-9,14H,10-13,15-16H2,1H3,(H,24,27)/b23-14-. The van der Waals surface area contributed by atoms with Gasteiger partial charge in [-0.3, -0.25) is 14.6 Å². The molecule has 6 nitrogen and oxygen atoms in total. The second-order valence-electron chi connectivity index (χ2n) is 6.71. The number of piperazine rings is 1. The van der Waals surface area contributed by atoms with E-state index in [1.165, 1.54) is 0 Å². The zero-order valence-electron chi connectivity index (χ0n) is 16.0. The number of carbonyl (C=O) groups excluding carboxylic acids is 1. The lowest BCUT2D eigenvalue weighted by Crippen LogP contribution is -2.48. The number of hydrogen-bond donors (Lipinski definition) is 1. The summed E-state index contributed by atoms with van der Waals surface area (Å²) in [5.74, 6) is 0.680. The van der Waals surface area contributed by atoms with Gasteiger partial charge in [-0.15, -0.1) is 0 Å². The summed E-state index contributed by atoms with van der Waals surface area (Å²) in [6, 6.07) is 15.4. The number of carbonyl (C=O) groups is 1. The van der Waals surface area contributed by atoms with Crippen LogP contribution in [0.25, 0.3) is 0 Å². The maximum absolute atomic E-state index is 12.1. The highest BCUT2D eigenvalue weighted by Crippen LogP contribution is 2.17. The third kappa shape index (κ3) is 6.05. The highest BCUT2D eigenvalue weighted by Gasteiger charge is 2.19. The van der Waals surface area contributed by atoms with Crippen molar-refractivity contribution < 1.29 is 9.53 Å². The summed E-state index contributed by atoms with van der Waals surface area (Å²) in [5, 5.41) is 4.83. The van der Waals surface area contributed by atoms with Crippen molar-refractivity contribution in [1.82, 2.24) is 15.2 Å². The smallest absolute Gasteiger partial charge is 0.254 e. The zero-order chi connectivity index (χ0) is 19.8. The number of amides is 1. The summed E-state index contributed by atoms with van der Waals surface area (Å²) in [6.07, 6.45) is 1.62. The first kappa shape index (κ1) is 20.3. The first-order valence-electron chi connectivity index (χ1n) is 9.28. The van der Waals surface area contributed by atoms with Crippen LogP contribution in [0.15, 0.2) is 53.6 Å². The number of nitrogens with one attached hydrogen (secondary N) is 1. The Labute approximate surface area is 170 Å². The molecule has 0 spiro atoms. The van der Waals surface area contributed by atoms with Gasteiger partial charge in [0.25, 0.3) is 5.91 Å². The van der Waals surface area contributed by atoms with Crippen molar-refractivity contribution in [2.45, 2.75) is 6.54 Å². The average Bonchev–Trinajstić information content (AvgIpc) is 2.72. The molecule has 2 aromatic carbocycles. The molecule has 0 bridgehead atoms. The van der Waals surface area contributed by atoms with Gasteiger partial charge >= 0.3 is 0 Å². The van der Waals surface area contributed by atoms with Crippen molar-refractivity contribution >= 4 is 23.7 Å². The lowest BCUT2D eigenvalue weighted by Gasteiger charge is -2.34. The number of halogens is 1. The van der Waals surface area contributed by atoms with Crippen LogP contribution in [-0.4, -0.2) is 61.8 Å². The van der Waals surface area contributed by atoms with E-state index >= 15 is 0 Å². The molecule has 2 aromatic rings. The first-order chi connectivity index (χ1) is 13.6. The van der Waals surface area contributed by atoms with Crippen molar-refractivity contribution in [3.63, 3.8) is 0 Å². The topological polar surface area (TPSA) is 57.2 Å².